The molecule has 0 spiro atoms. The van der Waals surface area contributed by atoms with Crippen molar-refractivity contribution in [2.45, 2.75) is 6.61 Å². The molecule has 0 fully saturated rings. The molecular formula is C16H10Cl3N3O2. The van der Waals surface area contributed by atoms with Crippen LogP contribution in [0, 0.1) is 0 Å². The summed E-state index contributed by atoms with van der Waals surface area (Å²) in [5.74, 6) is -0.672. The van der Waals surface area contributed by atoms with Gasteiger partial charge in [-0.1, -0.05) is 46.9 Å². The normalized spacial score (nSPS) is 10.6. The number of esters is 1. The molecule has 5 nitrogen and oxygen atoms in total. The molecule has 1 aromatic carbocycles. The minimum Gasteiger partial charge on any atom is -0.456 e. The molecule has 0 atom stereocenters. The van der Waals surface area contributed by atoms with Gasteiger partial charge in [0.25, 0.3) is 0 Å². The molecule has 8 heteroatoms. The Morgan fingerprint density at radius 3 is 2.54 bits per heavy atom. The number of aromatic nitrogens is 3. The van der Waals surface area contributed by atoms with E-state index in [0.29, 0.717) is 0 Å². The van der Waals surface area contributed by atoms with Gasteiger partial charge in [-0.2, -0.15) is 5.10 Å². The molecule has 0 amide bonds. The first-order valence-electron chi connectivity index (χ1n) is 6.82. The first-order chi connectivity index (χ1) is 11.6. The van der Waals surface area contributed by atoms with Gasteiger partial charge in [0.05, 0.1) is 20.8 Å². The number of carbonyl (C=O) groups is 1. The van der Waals surface area contributed by atoms with E-state index in [1.165, 1.54) is 6.20 Å². The summed E-state index contributed by atoms with van der Waals surface area (Å²) in [6, 6.07) is 9.27. The highest BCUT2D eigenvalue weighted by atomic mass is 35.5. The van der Waals surface area contributed by atoms with Gasteiger partial charge >= 0.3 is 5.97 Å². The third-order valence-electron chi connectivity index (χ3n) is 3.19. The lowest BCUT2D eigenvalue weighted by Gasteiger charge is -2.08. The fourth-order valence-electron chi connectivity index (χ4n) is 1.97. The summed E-state index contributed by atoms with van der Waals surface area (Å²) in [7, 11) is 0. The number of benzene rings is 1. The molecule has 0 unspecified atom stereocenters. The number of carbonyl (C=O) groups excluding carboxylic acids is 1. The minimum atomic E-state index is -0.672. The van der Waals surface area contributed by atoms with Crippen LogP contribution in [0.15, 0.2) is 48.9 Å². The Balaban J connectivity index is 1.67. The maximum atomic E-state index is 12.1. The Morgan fingerprint density at radius 1 is 1.12 bits per heavy atom. The van der Waals surface area contributed by atoms with Gasteiger partial charge in [0.15, 0.2) is 5.69 Å². The van der Waals surface area contributed by atoms with Gasteiger partial charge in [-0.25, -0.2) is 14.5 Å². The summed E-state index contributed by atoms with van der Waals surface area (Å²) in [4.78, 5) is 15.9. The van der Waals surface area contributed by atoms with Crippen molar-refractivity contribution in [3.8, 4) is 5.69 Å². The summed E-state index contributed by atoms with van der Waals surface area (Å²) in [5, 5.41) is 4.36. The van der Waals surface area contributed by atoms with Gasteiger partial charge in [0.2, 0.25) is 0 Å². The SMILES string of the molecule is O=C(OCc1ccc(-n2cccn2)cc1)c1ncc(Cl)c(Cl)c1Cl. The predicted molar refractivity (Wildman–Crippen MR) is 92.0 cm³/mol. The van der Waals surface area contributed by atoms with Gasteiger partial charge in [0, 0.05) is 18.6 Å². The molecule has 0 aliphatic heterocycles. The first-order valence-corrected chi connectivity index (χ1v) is 7.95. The van der Waals surface area contributed by atoms with E-state index in [4.69, 9.17) is 39.5 Å². The lowest BCUT2D eigenvalue weighted by atomic mass is 10.2. The van der Waals surface area contributed by atoms with Crippen LogP contribution >= 0.6 is 34.8 Å². The Hall–Kier alpha value is -2.08. The zero-order valence-corrected chi connectivity index (χ0v) is 14.4. The van der Waals surface area contributed by atoms with Gasteiger partial charge in [-0.05, 0) is 23.8 Å². The molecule has 122 valence electrons. The number of nitrogens with zero attached hydrogens (tertiary/aromatic N) is 3. The maximum Gasteiger partial charge on any atom is 0.358 e. The van der Waals surface area contributed by atoms with E-state index in [-0.39, 0.29) is 27.4 Å². The summed E-state index contributed by atoms with van der Waals surface area (Å²) in [6.45, 7) is 0.0798. The van der Waals surface area contributed by atoms with Crippen LogP contribution in [-0.4, -0.2) is 20.7 Å². The van der Waals surface area contributed by atoms with Gasteiger partial charge in [0.1, 0.15) is 6.61 Å². The molecule has 0 aliphatic rings. The molecule has 2 heterocycles. The second-order valence-electron chi connectivity index (χ2n) is 4.78. The quantitative estimate of drug-likeness (QED) is 0.620. The van der Waals surface area contributed by atoms with Crippen LogP contribution < -0.4 is 0 Å². The molecule has 3 aromatic rings. The Morgan fingerprint density at radius 2 is 1.88 bits per heavy atom. The molecule has 0 bridgehead atoms. The topological polar surface area (TPSA) is 57.0 Å². The molecule has 0 saturated carbocycles. The van der Waals surface area contributed by atoms with E-state index >= 15 is 0 Å². The largest absolute Gasteiger partial charge is 0.456 e. The third kappa shape index (κ3) is 3.53. The van der Waals surface area contributed by atoms with Crippen molar-refractivity contribution >= 4 is 40.8 Å². The molecule has 0 saturated heterocycles. The summed E-state index contributed by atoms with van der Waals surface area (Å²) >= 11 is 17.6. The summed E-state index contributed by atoms with van der Waals surface area (Å²) < 4.78 is 6.94. The van der Waals surface area contributed by atoms with Crippen molar-refractivity contribution in [3.63, 3.8) is 0 Å². The molecule has 24 heavy (non-hydrogen) atoms. The molecule has 0 N–H and O–H groups in total. The highest BCUT2D eigenvalue weighted by molar-refractivity contribution is 6.48. The van der Waals surface area contributed by atoms with Crippen molar-refractivity contribution in [2.75, 3.05) is 0 Å². The predicted octanol–water partition coefficient (Wildman–Crippen LogP) is 4.58. The third-order valence-corrected chi connectivity index (χ3v) is 4.43. The van der Waals surface area contributed by atoms with Crippen molar-refractivity contribution in [1.29, 1.82) is 0 Å². The minimum absolute atomic E-state index is 0.0248. The summed E-state index contributed by atoms with van der Waals surface area (Å²) in [6.07, 6.45) is 4.79. The molecular weight excluding hydrogens is 373 g/mol. The Bertz CT molecular complexity index is 865. The fraction of sp³-hybridized carbons (Fsp3) is 0.0625. The number of hydrogen-bond donors (Lipinski definition) is 0. The number of hydrogen-bond acceptors (Lipinski definition) is 4. The average Bonchev–Trinajstić information content (AvgIpc) is 3.13. The van der Waals surface area contributed by atoms with Crippen molar-refractivity contribution in [1.82, 2.24) is 14.8 Å². The van der Waals surface area contributed by atoms with Crippen molar-refractivity contribution < 1.29 is 9.53 Å². The molecule has 2 aromatic heterocycles. The van der Waals surface area contributed by atoms with Crippen LogP contribution in [0.1, 0.15) is 16.1 Å². The van der Waals surface area contributed by atoms with Crippen molar-refractivity contribution in [2.24, 2.45) is 0 Å². The van der Waals surface area contributed by atoms with E-state index in [1.54, 1.807) is 10.9 Å². The van der Waals surface area contributed by atoms with E-state index in [1.807, 2.05) is 36.5 Å². The standard InChI is InChI=1S/C16H10Cl3N3O2/c17-12-8-20-15(14(19)13(12)18)16(23)24-9-10-2-4-11(5-3-10)22-7-1-6-21-22/h1-8H,9H2. The van der Waals surface area contributed by atoms with E-state index in [2.05, 4.69) is 10.1 Å². The van der Waals surface area contributed by atoms with Crippen LogP contribution in [0.5, 0.6) is 0 Å². The van der Waals surface area contributed by atoms with Gasteiger partial charge in [-0.3, -0.25) is 0 Å². The smallest absolute Gasteiger partial charge is 0.358 e. The zero-order valence-electron chi connectivity index (χ0n) is 12.1. The highest BCUT2D eigenvalue weighted by Gasteiger charge is 2.18. The number of rotatable bonds is 4. The average molecular weight is 383 g/mol. The van der Waals surface area contributed by atoms with E-state index in [9.17, 15) is 4.79 Å². The van der Waals surface area contributed by atoms with E-state index in [0.717, 1.165) is 11.3 Å². The van der Waals surface area contributed by atoms with Crippen LogP contribution in [0.2, 0.25) is 15.1 Å². The molecule has 0 radical (unpaired) electrons. The second-order valence-corrected chi connectivity index (χ2v) is 5.94. The lowest BCUT2D eigenvalue weighted by molar-refractivity contribution is 0.0466. The first kappa shape index (κ1) is 16.8. The van der Waals surface area contributed by atoms with Crippen LogP contribution in [-0.2, 0) is 11.3 Å². The Labute approximate surface area is 152 Å². The molecule has 0 aliphatic carbocycles. The monoisotopic (exact) mass is 381 g/mol. The second kappa shape index (κ2) is 7.21. The van der Waals surface area contributed by atoms with Crippen LogP contribution in [0.3, 0.4) is 0 Å². The number of halogens is 3. The van der Waals surface area contributed by atoms with Crippen LogP contribution in [0.4, 0.5) is 0 Å². The fourth-order valence-corrected chi connectivity index (χ4v) is 2.53. The maximum absolute atomic E-state index is 12.1. The zero-order chi connectivity index (χ0) is 17.1. The van der Waals surface area contributed by atoms with Gasteiger partial charge in [-0.15, -0.1) is 0 Å². The highest BCUT2D eigenvalue weighted by Crippen LogP contribution is 2.31. The number of ether oxygens (including phenoxy) is 1. The lowest BCUT2D eigenvalue weighted by Crippen LogP contribution is -2.08. The van der Waals surface area contributed by atoms with Crippen molar-refractivity contribution in [3.05, 3.63) is 75.2 Å². The molecule has 3 rings (SSSR count). The number of pyridine rings is 1. The summed E-state index contributed by atoms with van der Waals surface area (Å²) in [5.41, 5.74) is 1.65. The Kier molecular flexibility index (Phi) is 5.04. The van der Waals surface area contributed by atoms with Gasteiger partial charge < -0.3 is 4.74 Å². The van der Waals surface area contributed by atoms with E-state index < -0.39 is 5.97 Å². The van der Waals surface area contributed by atoms with Crippen LogP contribution in [0.25, 0.3) is 5.69 Å².